The highest BCUT2D eigenvalue weighted by atomic mass is 127. The van der Waals surface area contributed by atoms with Crippen molar-refractivity contribution in [2.45, 2.75) is 51.4 Å². The van der Waals surface area contributed by atoms with Gasteiger partial charge in [-0.15, -0.1) is 24.0 Å². The van der Waals surface area contributed by atoms with Crippen molar-refractivity contribution in [3.05, 3.63) is 35.4 Å². The number of fused-ring (bicyclic) bond motifs is 1. The van der Waals surface area contributed by atoms with E-state index in [9.17, 15) is 4.79 Å². The SMILES string of the molecule is CN=C(NCCCC(=O)N1Cc2ccccc2C1)NC(C)COC1CCOC1.I. The number of hydrogen-bond acceptors (Lipinski definition) is 4. The molecule has 2 atom stereocenters. The van der Waals surface area contributed by atoms with Crippen molar-refractivity contribution >= 4 is 35.8 Å². The van der Waals surface area contributed by atoms with Crippen LogP contribution in [0.2, 0.25) is 0 Å². The Balaban J connectivity index is 0.00000300. The second-order valence-electron chi connectivity index (χ2n) is 7.49. The van der Waals surface area contributed by atoms with Crippen LogP contribution in [-0.4, -0.2) is 62.3 Å². The summed E-state index contributed by atoms with van der Waals surface area (Å²) in [5, 5.41) is 6.60. The van der Waals surface area contributed by atoms with Crippen LogP contribution in [-0.2, 0) is 27.4 Å². The smallest absolute Gasteiger partial charge is 0.223 e. The second-order valence-corrected chi connectivity index (χ2v) is 7.49. The van der Waals surface area contributed by atoms with Crippen molar-refractivity contribution in [3.63, 3.8) is 0 Å². The summed E-state index contributed by atoms with van der Waals surface area (Å²) in [5.74, 6) is 0.946. The molecule has 1 fully saturated rings. The lowest BCUT2D eigenvalue weighted by atomic mass is 10.1. The fourth-order valence-corrected chi connectivity index (χ4v) is 3.51. The zero-order valence-electron chi connectivity index (χ0n) is 17.4. The minimum atomic E-state index is 0. The molecule has 2 aliphatic heterocycles. The molecule has 8 heteroatoms. The molecule has 7 nitrogen and oxygen atoms in total. The molecule has 29 heavy (non-hydrogen) atoms. The van der Waals surface area contributed by atoms with Gasteiger partial charge < -0.3 is 25.0 Å². The van der Waals surface area contributed by atoms with Gasteiger partial charge in [0.2, 0.25) is 5.91 Å². The minimum Gasteiger partial charge on any atom is -0.379 e. The van der Waals surface area contributed by atoms with Gasteiger partial charge in [0, 0.05) is 45.8 Å². The molecule has 162 valence electrons. The van der Waals surface area contributed by atoms with E-state index < -0.39 is 0 Å². The lowest BCUT2D eigenvalue weighted by Gasteiger charge is -2.20. The van der Waals surface area contributed by atoms with Gasteiger partial charge in [-0.25, -0.2) is 0 Å². The lowest BCUT2D eigenvalue weighted by Crippen LogP contribution is -2.44. The molecule has 2 N–H and O–H groups in total. The van der Waals surface area contributed by atoms with Gasteiger partial charge in [0.1, 0.15) is 0 Å². The van der Waals surface area contributed by atoms with Crippen molar-refractivity contribution in [2.75, 3.05) is 33.4 Å². The fraction of sp³-hybridized carbons (Fsp3) is 0.619. The number of guanidine groups is 1. The van der Waals surface area contributed by atoms with Crippen molar-refractivity contribution < 1.29 is 14.3 Å². The molecule has 1 aromatic carbocycles. The Kier molecular flexibility index (Phi) is 10.2. The van der Waals surface area contributed by atoms with E-state index in [1.807, 2.05) is 17.0 Å². The number of rotatable bonds is 8. The molecule has 3 rings (SSSR count). The molecule has 0 spiro atoms. The standard InChI is InChI=1S/C21H32N4O3.HI/c1-16(14-28-19-9-11-27-15-19)24-21(22-2)23-10-5-8-20(26)25-12-17-6-3-4-7-18(17)13-25;/h3-4,6-7,16,19H,5,8-15H2,1-2H3,(H2,22,23,24);1H. The first-order valence-corrected chi connectivity index (χ1v) is 10.2. The summed E-state index contributed by atoms with van der Waals surface area (Å²) in [6.45, 7) is 6.33. The Bertz CT molecular complexity index is 655. The van der Waals surface area contributed by atoms with E-state index in [4.69, 9.17) is 9.47 Å². The maximum Gasteiger partial charge on any atom is 0.223 e. The monoisotopic (exact) mass is 516 g/mol. The van der Waals surface area contributed by atoms with Crippen molar-refractivity contribution in [3.8, 4) is 0 Å². The Labute approximate surface area is 190 Å². The largest absolute Gasteiger partial charge is 0.379 e. The predicted octanol–water partition coefficient (Wildman–Crippen LogP) is 2.29. The third-order valence-electron chi connectivity index (χ3n) is 5.13. The number of hydrogen-bond donors (Lipinski definition) is 2. The molecule has 1 amide bonds. The van der Waals surface area contributed by atoms with E-state index in [1.165, 1.54) is 11.1 Å². The average Bonchev–Trinajstić information content (AvgIpc) is 3.38. The molecule has 0 saturated carbocycles. The molecule has 1 saturated heterocycles. The van der Waals surface area contributed by atoms with Crippen molar-refractivity contribution in [1.82, 2.24) is 15.5 Å². The molecular formula is C21H33IN4O3. The Hall–Kier alpha value is -1.39. The van der Waals surface area contributed by atoms with Crippen molar-refractivity contribution in [2.24, 2.45) is 4.99 Å². The molecule has 2 heterocycles. The molecule has 0 radical (unpaired) electrons. The normalized spacial score (nSPS) is 19.4. The van der Waals surface area contributed by atoms with Gasteiger partial charge in [-0.2, -0.15) is 0 Å². The molecule has 2 aliphatic rings. The quantitative estimate of drug-likeness (QED) is 0.240. The van der Waals surface area contributed by atoms with Gasteiger partial charge >= 0.3 is 0 Å². The Morgan fingerprint density at radius 1 is 1.34 bits per heavy atom. The van der Waals surface area contributed by atoms with Crippen LogP contribution in [0.1, 0.15) is 37.3 Å². The highest BCUT2D eigenvalue weighted by Gasteiger charge is 2.22. The van der Waals surface area contributed by atoms with Crippen LogP contribution < -0.4 is 10.6 Å². The van der Waals surface area contributed by atoms with Crippen LogP contribution in [0.4, 0.5) is 0 Å². The summed E-state index contributed by atoms with van der Waals surface area (Å²) in [6.07, 6.45) is 2.49. The molecule has 0 aliphatic carbocycles. The predicted molar refractivity (Wildman–Crippen MR) is 124 cm³/mol. The Morgan fingerprint density at radius 2 is 2.07 bits per heavy atom. The highest BCUT2D eigenvalue weighted by molar-refractivity contribution is 14.0. The number of halogens is 1. The first-order valence-electron chi connectivity index (χ1n) is 10.2. The average molecular weight is 516 g/mol. The topological polar surface area (TPSA) is 75.2 Å². The van der Waals surface area contributed by atoms with E-state index >= 15 is 0 Å². The van der Waals surface area contributed by atoms with Crippen LogP contribution >= 0.6 is 24.0 Å². The third-order valence-corrected chi connectivity index (χ3v) is 5.13. The molecular weight excluding hydrogens is 483 g/mol. The molecule has 0 bridgehead atoms. The van der Waals surface area contributed by atoms with Gasteiger partial charge in [0.15, 0.2) is 5.96 Å². The second kappa shape index (κ2) is 12.3. The van der Waals surface area contributed by atoms with Crippen LogP contribution in [0.25, 0.3) is 0 Å². The number of benzene rings is 1. The summed E-state index contributed by atoms with van der Waals surface area (Å²) in [5.41, 5.74) is 2.53. The van der Waals surface area contributed by atoms with Crippen LogP contribution in [0.15, 0.2) is 29.3 Å². The van der Waals surface area contributed by atoms with Gasteiger partial charge in [-0.3, -0.25) is 9.79 Å². The summed E-state index contributed by atoms with van der Waals surface area (Å²) in [4.78, 5) is 18.6. The fourth-order valence-electron chi connectivity index (χ4n) is 3.51. The van der Waals surface area contributed by atoms with Crippen LogP contribution in [0, 0.1) is 0 Å². The summed E-state index contributed by atoms with van der Waals surface area (Å²) in [7, 11) is 1.75. The summed E-state index contributed by atoms with van der Waals surface area (Å²) >= 11 is 0. The van der Waals surface area contributed by atoms with Crippen molar-refractivity contribution in [1.29, 1.82) is 0 Å². The number of aliphatic imine (C=N–C) groups is 1. The van der Waals surface area contributed by atoms with E-state index in [-0.39, 0.29) is 42.0 Å². The molecule has 2 unspecified atom stereocenters. The number of nitrogens with one attached hydrogen (secondary N) is 2. The maximum absolute atomic E-state index is 12.4. The summed E-state index contributed by atoms with van der Waals surface area (Å²) in [6, 6.07) is 8.41. The van der Waals surface area contributed by atoms with Crippen LogP contribution in [0.3, 0.4) is 0 Å². The van der Waals surface area contributed by atoms with Gasteiger partial charge in [0.25, 0.3) is 0 Å². The number of ether oxygens (including phenoxy) is 2. The van der Waals surface area contributed by atoms with Gasteiger partial charge in [-0.1, -0.05) is 24.3 Å². The molecule has 1 aromatic rings. The van der Waals surface area contributed by atoms with Gasteiger partial charge in [-0.05, 0) is 30.9 Å². The minimum absolute atomic E-state index is 0. The third kappa shape index (κ3) is 7.42. The summed E-state index contributed by atoms with van der Waals surface area (Å²) < 4.78 is 11.1. The lowest BCUT2D eigenvalue weighted by molar-refractivity contribution is -0.131. The zero-order chi connectivity index (χ0) is 19.8. The van der Waals surface area contributed by atoms with E-state index in [1.54, 1.807) is 7.05 Å². The Morgan fingerprint density at radius 3 is 2.69 bits per heavy atom. The van der Waals surface area contributed by atoms with Crippen LogP contribution in [0.5, 0.6) is 0 Å². The maximum atomic E-state index is 12.4. The molecule has 0 aromatic heterocycles. The first-order chi connectivity index (χ1) is 13.7. The number of carbonyl (C=O) groups is 1. The van der Waals surface area contributed by atoms with Gasteiger partial charge in [0.05, 0.1) is 19.3 Å². The van der Waals surface area contributed by atoms with E-state index in [0.717, 1.165) is 38.5 Å². The zero-order valence-corrected chi connectivity index (χ0v) is 19.7. The first kappa shape index (κ1) is 23.9. The number of amides is 1. The van der Waals surface area contributed by atoms with E-state index in [0.29, 0.717) is 26.2 Å². The highest BCUT2D eigenvalue weighted by Crippen LogP contribution is 2.22. The number of nitrogens with zero attached hydrogens (tertiary/aromatic N) is 2. The van der Waals surface area contributed by atoms with E-state index in [2.05, 4.69) is 34.7 Å². The number of carbonyl (C=O) groups excluding carboxylic acids is 1.